The Labute approximate surface area is 151 Å². The monoisotopic (exact) mass is 358 g/mol. The maximum atomic E-state index is 12.2. The lowest BCUT2D eigenvalue weighted by Gasteiger charge is -2.14. The molecule has 1 heterocycles. The first-order valence-corrected chi connectivity index (χ1v) is 8.68. The Balaban J connectivity index is 1.60. The molecule has 0 aromatic heterocycles. The van der Waals surface area contributed by atoms with Crippen LogP contribution in [0, 0.1) is 5.92 Å². The van der Waals surface area contributed by atoms with Crippen molar-refractivity contribution in [2.45, 2.75) is 38.8 Å². The molecule has 1 atom stereocenters. The summed E-state index contributed by atoms with van der Waals surface area (Å²) in [5, 5.41) is 8.08. The number of anilines is 1. The van der Waals surface area contributed by atoms with Gasteiger partial charge in [0.05, 0.1) is 0 Å². The molecule has 0 bridgehead atoms. The summed E-state index contributed by atoms with van der Waals surface area (Å²) in [6.07, 6.45) is 1.98. The summed E-state index contributed by atoms with van der Waals surface area (Å²) in [7, 11) is 0. The molecule has 2 aliphatic rings. The van der Waals surface area contributed by atoms with Crippen molar-refractivity contribution < 1.29 is 19.2 Å². The second-order valence-electron chi connectivity index (χ2n) is 6.97. The van der Waals surface area contributed by atoms with Gasteiger partial charge in [0.2, 0.25) is 5.91 Å². The highest BCUT2D eigenvalue weighted by molar-refractivity contribution is 6.08. The molecule has 1 aliphatic carbocycles. The molecule has 3 N–H and O–H groups in total. The third-order valence-electron chi connectivity index (χ3n) is 4.35. The van der Waals surface area contributed by atoms with Crippen LogP contribution in [-0.2, 0) is 9.59 Å². The van der Waals surface area contributed by atoms with Crippen LogP contribution < -0.4 is 16.0 Å². The minimum Gasteiger partial charge on any atom is -0.349 e. The van der Waals surface area contributed by atoms with Crippen molar-refractivity contribution in [1.82, 2.24) is 15.5 Å². The van der Waals surface area contributed by atoms with Crippen molar-refractivity contribution in [2.75, 3.05) is 11.9 Å². The lowest BCUT2D eigenvalue weighted by molar-refractivity contribution is -0.131. The summed E-state index contributed by atoms with van der Waals surface area (Å²) < 4.78 is 0. The van der Waals surface area contributed by atoms with Gasteiger partial charge in [-0.15, -0.1) is 0 Å². The van der Waals surface area contributed by atoms with Crippen LogP contribution in [0.5, 0.6) is 0 Å². The fourth-order valence-corrected chi connectivity index (χ4v) is 2.72. The van der Waals surface area contributed by atoms with Crippen molar-refractivity contribution in [3.8, 4) is 0 Å². The first kappa shape index (κ1) is 17.9. The molecule has 3 rings (SSSR count). The average molecular weight is 358 g/mol. The van der Waals surface area contributed by atoms with Crippen LogP contribution in [0.4, 0.5) is 10.5 Å². The highest BCUT2D eigenvalue weighted by Crippen LogP contribution is 2.20. The molecular weight excluding hydrogens is 336 g/mol. The SMILES string of the molecule is CC(C)C1NC(=O)N(CC(=O)Nc2cccc(C(=O)NC3CC3)c2)C1=O. The normalized spacial score (nSPS) is 19.5. The van der Waals surface area contributed by atoms with Gasteiger partial charge in [0, 0.05) is 17.3 Å². The van der Waals surface area contributed by atoms with Gasteiger partial charge in [-0.1, -0.05) is 19.9 Å². The molecule has 8 nitrogen and oxygen atoms in total. The molecule has 1 aromatic carbocycles. The number of rotatable bonds is 6. The average Bonchev–Trinajstić information content (AvgIpc) is 3.35. The van der Waals surface area contributed by atoms with E-state index >= 15 is 0 Å². The molecule has 0 spiro atoms. The van der Waals surface area contributed by atoms with E-state index in [1.807, 2.05) is 13.8 Å². The maximum Gasteiger partial charge on any atom is 0.325 e. The molecular formula is C18H22N4O4. The molecule has 8 heteroatoms. The summed E-state index contributed by atoms with van der Waals surface area (Å²) in [4.78, 5) is 49.3. The number of imide groups is 1. The van der Waals surface area contributed by atoms with E-state index in [0.29, 0.717) is 11.3 Å². The first-order valence-electron chi connectivity index (χ1n) is 8.68. The number of nitrogens with one attached hydrogen (secondary N) is 3. The summed E-state index contributed by atoms with van der Waals surface area (Å²) >= 11 is 0. The molecule has 1 saturated heterocycles. The Morgan fingerprint density at radius 2 is 2.00 bits per heavy atom. The van der Waals surface area contributed by atoms with Gasteiger partial charge in [-0.2, -0.15) is 0 Å². The third-order valence-corrected chi connectivity index (χ3v) is 4.35. The Hall–Kier alpha value is -2.90. The fraction of sp³-hybridized carbons (Fsp3) is 0.444. The minimum atomic E-state index is -0.607. The Kier molecular flexibility index (Phi) is 4.92. The van der Waals surface area contributed by atoms with Crippen LogP contribution in [0.25, 0.3) is 0 Å². The number of hydrogen-bond donors (Lipinski definition) is 3. The Morgan fingerprint density at radius 1 is 1.27 bits per heavy atom. The van der Waals surface area contributed by atoms with Gasteiger partial charge >= 0.3 is 6.03 Å². The minimum absolute atomic E-state index is 0.0545. The van der Waals surface area contributed by atoms with Crippen LogP contribution in [0.15, 0.2) is 24.3 Å². The largest absolute Gasteiger partial charge is 0.349 e. The molecule has 1 unspecified atom stereocenters. The zero-order valence-corrected chi connectivity index (χ0v) is 14.7. The molecule has 0 radical (unpaired) electrons. The number of benzene rings is 1. The molecule has 138 valence electrons. The smallest absolute Gasteiger partial charge is 0.325 e. The topological polar surface area (TPSA) is 108 Å². The summed E-state index contributed by atoms with van der Waals surface area (Å²) in [5.41, 5.74) is 0.885. The molecule has 5 amide bonds. The van der Waals surface area contributed by atoms with Crippen molar-refractivity contribution in [3.05, 3.63) is 29.8 Å². The second kappa shape index (κ2) is 7.15. The molecule has 2 fully saturated rings. The van der Waals surface area contributed by atoms with Gasteiger partial charge in [0.25, 0.3) is 11.8 Å². The highest BCUT2D eigenvalue weighted by atomic mass is 16.2. The van der Waals surface area contributed by atoms with Crippen LogP contribution in [0.2, 0.25) is 0 Å². The number of urea groups is 1. The number of carbonyl (C=O) groups is 4. The quantitative estimate of drug-likeness (QED) is 0.662. The lowest BCUT2D eigenvalue weighted by Crippen LogP contribution is -2.39. The van der Waals surface area contributed by atoms with Crippen molar-refractivity contribution >= 4 is 29.4 Å². The fourth-order valence-electron chi connectivity index (χ4n) is 2.72. The van der Waals surface area contributed by atoms with E-state index in [4.69, 9.17) is 0 Å². The predicted octanol–water partition coefficient (Wildman–Crippen LogP) is 1.09. The molecule has 1 saturated carbocycles. The van der Waals surface area contributed by atoms with Crippen LogP contribution in [0.3, 0.4) is 0 Å². The second-order valence-corrected chi connectivity index (χ2v) is 6.97. The van der Waals surface area contributed by atoms with E-state index in [9.17, 15) is 19.2 Å². The van der Waals surface area contributed by atoms with E-state index in [1.54, 1.807) is 24.3 Å². The van der Waals surface area contributed by atoms with E-state index in [1.165, 1.54) is 0 Å². The summed E-state index contributed by atoms with van der Waals surface area (Å²) in [6, 6.07) is 5.62. The maximum absolute atomic E-state index is 12.2. The van der Waals surface area contributed by atoms with Gasteiger partial charge in [-0.05, 0) is 37.0 Å². The first-order chi connectivity index (χ1) is 12.3. The van der Waals surface area contributed by atoms with Crippen molar-refractivity contribution in [3.63, 3.8) is 0 Å². The number of nitrogens with zero attached hydrogens (tertiary/aromatic N) is 1. The van der Waals surface area contributed by atoms with Gasteiger partial charge in [-0.3, -0.25) is 19.3 Å². The van der Waals surface area contributed by atoms with Crippen LogP contribution in [-0.4, -0.2) is 47.3 Å². The van der Waals surface area contributed by atoms with Gasteiger partial charge in [0.1, 0.15) is 12.6 Å². The Morgan fingerprint density at radius 3 is 2.62 bits per heavy atom. The number of amides is 5. The predicted molar refractivity (Wildman–Crippen MR) is 94.4 cm³/mol. The molecule has 1 aliphatic heterocycles. The van der Waals surface area contributed by atoms with Gasteiger partial charge < -0.3 is 16.0 Å². The summed E-state index contributed by atoms with van der Waals surface area (Å²) in [6.45, 7) is 3.28. The number of carbonyl (C=O) groups excluding carboxylic acids is 4. The van der Waals surface area contributed by atoms with Gasteiger partial charge in [-0.25, -0.2) is 4.79 Å². The van der Waals surface area contributed by atoms with E-state index in [0.717, 1.165) is 17.7 Å². The lowest BCUT2D eigenvalue weighted by atomic mass is 10.1. The van der Waals surface area contributed by atoms with E-state index in [2.05, 4.69) is 16.0 Å². The van der Waals surface area contributed by atoms with Crippen molar-refractivity contribution in [2.24, 2.45) is 5.92 Å². The molecule has 26 heavy (non-hydrogen) atoms. The van der Waals surface area contributed by atoms with Crippen LogP contribution in [0.1, 0.15) is 37.0 Å². The summed E-state index contributed by atoms with van der Waals surface area (Å²) in [5.74, 6) is -1.14. The van der Waals surface area contributed by atoms with Gasteiger partial charge in [0.15, 0.2) is 0 Å². The van der Waals surface area contributed by atoms with E-state index in [-0.39, 0.29) is 24.4 Å². The van der Waals surface area contributed by atoms with Crippen molar-refractivity contribution in [1.29, 1.82) is 0 Å². The standard InChI is InChI=1S/C18H22N4O4/c1-10(2)15-17(25)22(18(26)21-15)9-14(23)19-13-5-3-4-11(8-13)16(24)20-12-6-7-12/h3-5,8,10,12,15H,6-7,9H2,1-2H3,(H,19,23)(H,20,24)(H,21,26). The third kappa shape index (κ3) is 4.01. The zero-order valence-electron chi connectivity index (χ0n) is 14.7. The number of hydrogen-bond acceptors (Lipinski definition) is 4. The highest BCUT2D eigenvalue weighted by Gasteiger charge is 2.40. The van der Waals surface area contributed by atoms with E-state index < -0.39 is 23.9 Å². The van der Waals surface area contributed by atoms with Crippen LogP contribution >= 0.6 is 0 Å². The Bertz CT molecular complexity index is 757. The molecule has 1 aromatic rings. The zero-order chi connectivity index (χ0) is 18.8.